The number of aromatic nitrogens is 1. The van der Waals surface area contributed by atoms with Gasteiger partial charge in [0.1, 0.15) is 23.1 Å². The highest BCUT2D eigenvalue weighted by Crippen LogP contribution is 2.48. The van der Waals surface area contributed by atoms with E-state index in [0.717, 1.165) is 12.1 Å². The maximum atomic E-state index is 13.2. The topological polar surface area (TPSA) is 65.8 Å². The van der Waals surface area contributed by atoms with Crippen molar-refractivity contribution in [2.24, 2.45) is 0 Å². The van der Waals surface area contributed by atoms with Gasteiger partial charge in [-0.05, 0) is 43.8 Å². The number of rotatable bonds is 6. The molecular weight excluding hydrogens is 397 g/mol. The third-order valence-corrected chi connectivity index (χ3v) is 5.40. The summed E-state index contributed by atoms with van der Waals surface area (Å²) in [6, 6.07) is 4.99. The SMILES string of the molecule is C=C(CN(C)C)C(O)c1ncc2c(c1O)COC2(CC)c1cccc(C(F)(F)F)c1. The Morgan fingerprint density at radius 3 is 2.67 bits per heavy atom. The first-order chi connectivity index (χ1) is 14.0. The molecule has 162 valence electrons. The zero-order chi connectivity index (χ0) is 22.3. The molecule has 0 fully saturated rings. The monoisotopic (exact) mass is 422 g/mol. The van der Waals surface area contributed by atoms with E-state index in [1.54, 1.807) is 13.0 Å². The molecule has 30 heavy (non-hydrogen) atoms. The Labute approximate surface area is 173 Å². The fourth-order valence-corrected chi connectivity index (χ4v) is 3.89. The molecule has 0 bridgehead atoms. The van der Waals surface area contributed by atoms with Crippen molar-refractivity contribution in [2.45, 2.75) is 37.8 Å². The Morgan fingerprint density at radius 2 is 2.07 bits per heavy atom. The quantitative estimate of drug-likeness (QED) is 0.685. The molecule has 2 atom stereocenters. The average molecular weight is 422 g/mol. The average Bonchev–Trinajstić information content (AvgIpc) is 3.07. The molecule has 8 heteroatoms. The summed E-state index contributed by atoms with van der Waals surface area (Å²) in [6.45, 7) is 6.05. The van der Waals surface area contributed by atoms with Crippen molar-refractivity contribution >= 4 is 0 Å². The minimum absolute atomic E-state index is 0.00630. The molecule has 0 radical (unpaired) electrons. The number of aliphatic hydroxyl groups excluding tert-OH is 1. The molecule has 2 unspecified atom stereocenters. The van der Waals surface area contributed by atoms with Crippen LogP contribution in [0.5, 0.6) is 5.75 Å². The van der Waals surface area contributed by atoms with Crippen LogP contribution in [0.1, 0.15) is 47.4 Å². The van der Waals surface area contributed by atoms with Crippen molar-refractivity contribution in [1.29, 1.82) is 0 Å². The second kappa shape index (κ2) is 8.02. The number of nitrogens with zero attached hydrogens (tertiary/aromatic N) is 2. The summed E-state index contributed by atoms with van der Waals surface area (Å²) in [5, 5.41) is 21.4. The van der Waals surface area contributed by atoms with Crippen molar-refractivity contribution in [3.63, 3.8) is 0 Å². The molecule has 0 amide bonds. The van der Waals surface area contributed by atoms with Gasteiger partial charge in [0, 0.05) is 23.9 Å². The van der Waals surface area contributed by atoms with Gasteiger partial charge in [0.05, 0.1) is 12.2 Å². The molecule has 3 rings (SSSR count). The molecule has 2 N–H and O–H groups in total. The first-order valence-electron chi connectivity index (χ1n) is 9.54. The van der Waals surface area contributed by atoms with Crippen LogP contribution in [0.3, 0.4) is 0 Å². The number of ether oxygens (including phenoxy) is 1. The molecule has 1 aromatic carbocycles. The van der Waals surface area contributed by atoms with Crippen LogP contribution in [0, 0.1) is 0 Å². The van der Waals surface area contributed by atoms with Crippen LogP contribution in [0.15, 0.2) is 42.6 Å². The number of aliphatic hydroxyl groups is 1. The van der Waals surface area contributed by atoms with Crippen LogP contribution in [-0.2, 0) is 23.1 Å². The summed E-state index contributed by atoms with van der Waals surface area (Å²) in [5.74, 6) is -0.220. The van der Waals surface area contributed by atoms with Gasteiger partial charge in [0.25, 0.3) is 0 Å². The van der Waals surface area contributed by atoms with E-state index in [1.807, 2.05) is 19.0 Å². The largest absolute Gasteiger partial charge is 0.506 e. The molecule has 1 aliphatic heterocycles. The van der Waals surface area contributed by atoms with E-state index in [1.165, 1.54) is 12.3 Å². The number of hydrogen-bond acceptors (Lipinski definition) is 5. The highest BCUT2D eigenvalue weighted by Gasteiger charge is 2.44. The van der Waals surface area contributed by atoms with Crippen LogP contribution in [-0.4, -0.2) is 40.7 Å². The number of aromatic hydroxyl groups is 1. The summed E-state index contributed by atoms with van der Waals surface area (Å²) in [4.78, 5) is 6.06. The summed E-state index contributed by atoms with van der Waals surface area (Å²) in [6.07, 6.45) is -3.85. The maximum absolute atomic E-state index is 13.2. The lowest BCUT2D eigenvalue weighted by Crippen LogP contribution is -2.27. The molecular formula is C22H25F3N2O3. The van der Waals surface area contributed by atoms with Crippen molar-refractivity contribution in [2.75, 3.05) is 20.6 Å². The van der Waals surface area contributed by atoms with Gasteiger partial charge in [-0.1, -0.05) is 25.6 Å². The molecule has 2 aromatic rings. The van der Waals surface area contributed by atoms with Gasteiger partial charge in [-0.3, -0.25) is 4.98 Å². The van der Waals surface area contributed by atoms with Crippen molar-refractivity contribution in [1.82, 2.24) is 9.88 Å². The number of halogens is 3. The zero-order valence-electron chi connectivity index (χ0n) is 17.1. The summed E-state index contributed by atoms with van der Waals surface area (Å²) in [5.41, 5.74) is -0.168. The number of benzene rings is 1. The number of hydrogen-bond donors (Lipinski definition) is 2. The molecule has 5 nitrogen and oxygen atoms in total. The van der Waals surface area contributed by atoms with E-state index in [-0.39, 0.29) is 18.1 Å². The van der Waals surface area contributed by atoms with Gasteiger partial charge >= 0.3 is 6.18 Å². The van der Waals surface area contributed by atoms with Crippen LogP contribution < -0.4 is 0 Å². The molecule has 2 heterocycles. The number of pyridine rings is 1. The molecule has 0 saturated carbocycles. The van der Waals surface area contributed by atoms with Crippen molar-refractivity contribution in [3.05, 3.63) is 70.6 Å². The van der Waals surface area contributed by atoms with Crippen LogP contribution in [0.25, 0.3) is 0 Å². The van der Waals surface area contributed by atoms with Crippen LogP contribution >= 0.6 is 0 Å². The fourth-order valence-electron chi connectivity index (χ4n) is 3.89. The van der Waals surface area contributed by atoms with E-state index in [4.69, 9.17) is 4.74 Å². The smallest absolute Gasteiger partial charge is 0.416 e. The highest BCUT2D eigenvalue weighted by atomic mass is 19.4. The van der Waals surface area contributed by atoms with Gasteiger partial charge < -0.3 is 19.8 Å². The Kier molecular flexibility index (Phi) is 5.95. The summed E-state index contributed by atoms with van der Waals surface area (Å²) in [7, 11) is 3.65. The standard InChI is InChI=1S/C22H25F3N2O3/c1-5-21(14-7-6-8-15(9-14)22(23,24)25)17-10-26-18(20(29)16(17)12-30-21)19(28)13(2)11-27(3)4/h6-10,19,28-29H,2,5,11-12H2,1,3-4H3. The molecule has 1 aromatic heterocycles. The lowest BCUT2D eigenvalue weighted by Gasteiger charge is -2.29. The van der Waals surface area contributed by atoms with Gasteiger partial charge in [-0.15, -0.1) is 0 Å². The van der Waals surface area contributed by atoms with E-state index in [2.05, 4.69) is 11.6 Å². The third-order valence-electron chi connectivity index (χ3n) is 5.40. The molecule has 1 aliphatic rings. The minimum atomic E-state index is -4.48. The Morgan fingerprint density at radius 1 is 1.37 bits per heavy atom. The number of likely N-dealkylation sites (N-methyl/N-ethyl adjacent to an activating group) is 1. The zero-order valence-corrected chi connectivity index (χ0v) is 17.1. The Balaban J connectivity index is 2.05. The Hall–Kier alpha value is -2.42. The van der Waals surface area contributed by atoms with Crippen molar-refractivity contribution < 1.29 is 28.1 Å². The Bertz CT molecular complexity index is 959. The van der Waals surface area contributed by atoms with Crippen LogP contribution in [0.2, 0.25) is 0 Å². The molecule has 0 spiro atoms. The van der Waals surface area contributed by atoms with E-state index >= 15 is 0 Å². The van der Waals surface area contributed by atoms with Gasteiger partial charge in [0.2, 0.25) is 0 Å². The fraction of sp³-hybridized carbons (Fsp3) is 0.409. The van der Waals surface area contributed by atoms with Crippen molar-refractivity contribution in [3.8, 4) is 5.75 Å². The summed E-state index contributed by atoms with van der Waals surface area (Å²) < 4.78 is 45.6. The van der Waals surface area contributed by atoms with E-state index in [0.29, 0.717) is 35.2 Å². The first kappa shape index (κ1) is 22.3. The lowest BCUT2D eigenvalue weighted by atomic mass is 9.83. The van der Waals surface area contributed by atoms with E-state index < -0.39 is 23.4 Å². The number of fused-ring (bicyclic) bond motifs is 1. The maximum Gasteiger partial charge on any atom is 0.416 e. The highest BCUT2D eigenvalue weighted by molar-refractivity contribution is 5.52. The predicted octanol–water partition coefficient (Wildman–Crippen LogP) is 4.14. The minimum Gasteiger partial charge on any atom is -0.506 e. The second-order valence-corrected chi connectivity index (χ2v) is 7.73. The van der Waals surface area contributed by atoms with Crippen LogP contribution in [0.4, 0.5) is 13.2 Å². The second-order valence-electron chi connectivity index (χ2n) is 7.73. The predicted molar refractivity (Wildman–Crippen MR) is 106 cm³/mol. The van der Waals surface area contributed by atoms with Gasteiger partial charge in [-0.2, -0.15) is 13.2 Å². The van der Waals surface area contributed by atoms with Gasteiger partial charge in [-0.25, -0.2) is 0 Å². The molecule has 0 saturated heterocycles. The van der Waals surface area contributed by atoms with E-state index in [9.17, 15) is 23.4 Å². The molecule has 0 aliphatic carbocycles. The normalized spacial score (nSPS) is 19.7. The summed E-state index contributed by atoms with van der Waals surface area (Å²) >= 11 is 0. The first-order valence-corrected chi connectivity index (χ1v) is 9.54. The van der Waals surface area contributed by atoms with Gasteiger partial charge in [0.15, 0.2) is 0 Å². The number of alkyl halides is 3. The lowest BCUT2D eigenvalue weighted by molar-refractivity contribution is -0.137. The third kappa shape index (κ3) is 3.82.